The van der Waals surface area contributed by atoms with Crippen molar-refractivity contribution in [2.24, 2.45) is 0 Å². The van der Waals surface area contributed by atoms with E-state index >= 15 is 0 Å². The zero-order valence-electron chi connectivity index (χ0n) is 12.3. The van der Waals surface area contributed by atoms with E-state index in [1.165, 1.54) is 0 Å². The molecular formula is C15H25NO3. The minimum Gasteiger partial charge on any atom is -0.497 e. The van der Waals surface area contributed by atoms with Crippen LogP contribution in [0, 0.1) is 0 Å². The van der Waals surface area contributed by atoms with Crippen molar-refractivity contribution in [3.63, 3.8) is 0 Å². The van der Waals surface area contributed by atoms with Crippen LogP contribution in [0.4, 0.5) is 0 Å². The number of aliphatic hydroxyl groups excluding tert-OH is 1. The number of rotatable bonds is 8. The number of hydrogen-bond donors (Lipinski definition) is 2. The van der Waals surface area contributed by atoms with Crippen LogP contribution in [0.25, 0.3) is 0 Å². The summed E-state index contributed by atoms with van der Waals surface area (Å²) in [6.07, 6.45) is 1.51. The quantitative estimate of drug-likeness (QED) is 0.760. The van der Waals surface area contributed by atoms with Crippen molar-refractivity contribution in [1.29, 1.82) is 0 Å². The van der Waals surface area contributed by atoms with Crippen LogP contribution in [-0.2, 0) is 0 Å². The minimum absolute atomic E-state index is 0.118. The maximum absolute atomic E-state index is 9.74. The first-order valence-corrected chi connectivity index (χ1v) is 6.75. The molecule has 4 heteroatoms. The van der Waals surface area contributed by atoms with Gasteiger partial charge in [0.1, 0.15) is 11.5 Å². The molecular weight excluding hydrogens is 242 g/mol. The van der Waals surface area contributed by atoms with E-state index in [1.807, 2.05) is 18.2 Å². The smallest absolute Gasteiger partial charge is 0.127 e. The molecule has 0 fully saturated rings. The molecule has 0 spiro atoms. The molecule has 0 heterocycles. The van der Waals surface area contributed by atoms with E-state index in [9.17, 15) is 5.11 Å². The Kier molecular flexibility index (Phi) is 6.67. The lowest BCUT2D eigenvalue weighted by Gasteiger charge is -2.19. The molecule has 0 saturated heterocycles. The number of nitrogens with one attached hydrogen (secondary N) is 1. The molecule has 0 aliphatic heterocycles. The third kappa shape index (κ3) is 4.73. The Hall–Kier alpha value is -1.26. The zero-order chi connectivity index (χ0) is 14.3. The van der Waals surface area contributed by atoms with Gasteiger partial charge in [-0.1, -0.05) is 19.4 Å². The molecule has 1 aromatic carbocycles. The van der Waals surface area contributed by atoms with Gasteiger partial charge in [-0.25, -0.2) is 0 Å². The van der Waals surface area contributed by atoms with Crippen molar-refractivity contribution in [3.8, 4) is 11.5 Å². The second-order valence-corrected chi connectivity index (χ2v) is 4.68. The van der Waals surface area contributed by atoms with Gasteiger partial charge < -0.3 is 19.9 Å². The standard InChI is InChI=1S/C15H25NO3/c1-5-6-12(17)10-16-11(2)14-8-7-13(18-3)9-15(14)19-4/h7-9,11-12,16-17H,5-6,10H2,1-4H3. The first-order valence-electron chi connectivity index (χ1n) is 6.75. The normalized spacial score (nSPS) is 13.9. The summed E-state index contributed by atoms with van der Waals surface area (Å²) in [7, 11) is 3.29. The summed E-state index contributed by atoms with van der Waals surface area (Å²) in [4.78, 5) is 0. The van der Waals surface area contributed by atoms with Crippen molar-refractivity contribution in [1.82, 2.24) is 5.32 Å². The molecule has 0 amide bonds. The summed E-state index contributed by atoms with van der Waals surface area (Å²) >= 11 is 0. The van der Waals surface area contributed by atoms with E-state index < -0.39 is 0 Å². The number of benzene rings is 1. The molecule has 0 radical (unpaired) electrons. The van der Waals surface area contributed by atoms with Gasteiger partial charge in [-0.05, 0) is 19.4 Å². The number of aliphatic hydroxyl groups is 1. The van der Waals surface area contributed by atoms with E-state index in [0.29, 0.717) is 6.54 Å². The van der Waals surface area contributed by atoms with Crippen LogP contribution in [0.1, 0.15) is 38.3 Å². The molecule has 1 rings (SSSR count). The van der Waals surface area contributed by atoms with Crippen LogP contribution in [0.15, 0.2) is 18.2 Å². The highest BCUT2D eigenvalue weighted by molar-refractivity contribution is 5.42. The number of ether oxygens (including phenoxy) is 2. The molecule has 2 N–H and O–H groups in total. The second kappa shape index (κ2) is 8.02. The Morgan fingerprint density at radius 2 is 2.00 bits per heavy atom. The van der Waals surface area contributed by atoms with E-state index in [1.54, 1.807) is 14.2 Å². The van der Waals surface area contributed by atoms with Crippen LogP contribution in [0.3, 0.4) is 0 Å². The van der Waals surface area contributed by atoms with Crippen LogP contribution in [0.5, 0.6) is 11.5 Å². The van der Waals surface area contributed by atoms with E-state index in [2.05, 4.69) is 19.2 Å². The molecule has 1 aromatic rings. The van der Waals surface area contributed by atoms with Gasteiger partial charge in [-0.3, -0.25) is 0 Å². The van der Waals surface area contributed by atoms with Crippen molar-refractivity contribution in [2.75, 3.05) is 20.8 Å². The Morgan fingerprint density at radius 1 is 1.26 bits per heavy atom. The third-order valence-corrected chi connectivity index (χ3v) is 3.19. The summed E-state index contributed by atoms with van der Waals surface area (Å²) < 4.78 is 10.6. The Morgan fingerprint density at radius 3 is 2.58 bits per heavy atom. The maximum Gasteiger partial charge on any atom is 0.127 e. The molecule has 108 valence electrons. The predicted octanol–water partition coefficient (Wildman–Crippen LogP) is 2.52. The first kappa shape index (κ1) is 15.8. The van der Waals surface area contributed by atoms with Crippen molar-refractivity contribution in [3.05, 3.63) is 23.8 Å². The van der Waals surface area contributed by atoms with Gasteiger partial charge in [-0.2, -0.15) is 0 Å². The highest BCUT2D eigenvalue weighted by Crippen LogP contribution is 2.29. The van der Waals surface area contributed by atoms with Crippen LogP contribution >= 0.6 is 0 Å². The van der Waals surface area contributed by atoms with Gasteiger partial charge in [0.15, 0.2) is 0 Å². The summed E-state index contributed by atoms with van der Waals surface area (Å²) in [5, 5.41) is 13.1. The highest BCUT2D eigenvalue weighted by Gasteiger charge is 2.13. The molecule has 2 atom stereocenters. The lowest BCUT2D eigenvalue weighted by molar-refractivity contribution is 0.157. The molecule has 19 heavy (non-hydrogen) atoms. The van der Waals surface area contributed by atoms with Gasteiger partial charge in [0, 0.05) is 24.2 Å². The number of hydrogen-bond acceptors (Lipinski definition) is 4. The maximum atomic E-state index is 9.74. The molecule has 0 bridgehead atoms. The fourth-order valence-corrected chi connectivity index (χ4v) is 2.03. The van der Waals surface area contributed by atoms with E-state index in [-0.39, 0.29) is 12.1 Å². The van der Waals surface area contributed by atoms with Gasteiger partial charge in [0.25, 0.3) is 0 Å². The minimum atomic E-state index is -0.295. The molecule has 4 nitrogen and oxygen atoms in total. The van der Waals surface area contributed by atoms with Crippen LogP contribution in [0.2, 0.25) is 0 Å². The lowest BCUT2D eigenvalue weighted by Crippen LogP contribution is -2.29. The van der Waals surface area contributed by atoms with Gasteiger partial charge in [-0.15, -0.1) is 0 Å². The third-order valence-electron chi connectivity index (χ3n) is 3.19. The van der Waals surface area contributed by atoms with Gasteiger partial charge in [0.05, 0.1) is 20.3 Å². The van der Waals surface area contributed by atoms with Crippen LogP contribution < -0.4 is 14.8 Å². The predicted molar refractivity (Wildman–Crippen MR) is 76.9 cm³/mol. The summed E-state index contributed by atoms with van der Waals surface area (Å²) in [5.74, 6) is 1.57. The average molecular weight is 267 g/mol. The van der Waals surface area contributed by atoms with E-state index in [4.69, 9.17) is 9.47 Å². The largest absolute Gasteiger partial charge is 0.497 e. The fraction of sp³-hybridized carbons (Fsp3) is 0.600. The summed E-state index contributed by atoms with van der Waals surface area (Å²) in [6.45, 7) is 4.71. The Bertz CT molecular complexity index is 382. The first-order chi connectivity index (χ1) is 9.12. The Balaban J connectivity index is 2.68. The van der Waals surface area contributed by atoms with Crippen molar-refractivity contribution >= 4 is 0 Å². The van der Waals surface area contributed by atoms with Crippen LogP contribution in [-0.4, -0.2) is 32.0 Å². The SMILES string of the molecule is CCCC(O)CNC(C)c1ccc(OC)cc1OC. The second-order valence-electron chi connectivity index (χ2n) is 4.68. The van der Waals surface area contributed by atoms with Crippen molar-refractivity contribution < 1.29 is 14.6 Å². The fourth-order valence-electron chi connectivity index (χ4n) is 2.03. The lowest BCUT2D eigenvalue weighted by atomic mass is 10.1. The monoisotopic (exact) mass is 267 g/mol. The molecule has 0 aromatic heterocycles. The van der Waals surface area contributed by atoms with E-state index in [0.717, 1.165) is 29.9 Å². The topological polar surface area (TPSA) is 50.7 Å². The number of methoxy groups -OCH3 is 2. The molecule has 0 saturated carbocycles. The average Bonchev–Trinajstić information content (AvgIpc) is 2.44. The highest BCUT2D eigenvalue weighted by atomic mass is 16.5. The zero-order valence-corrected chi connectivity index (χ0v) is 12.3. The van der Waals surface area contributed by atoms with Gasteiger partial charge >= 0.3 is 0 Å². The Labute approximate surface area is 115 Å². The molecule has 2 unspecified atom stereocenters. The summed E-state index contributed by atoms with van der Waals surface area (Å²) in [6, 6.07) is 5.89. The molecule has 0 aliphatic carbocycles. The summed E-state index contributed by atoms with van der Waals surface area (Å²) in [5.41, 5.74) is 1.06. The molecule has 0 aliphatic rings. The van der Waals surface area contributed by atoms with Crippen molar-refractivity contribution in [2.45, 2.75) is 38.8 Å². The van der Waals surface area contributed by atoms with Gasteiger partial charge in [0.2, 0.25) is 0 Å².